The van der Waals surface area contributed by atoms with Crippen LogP contribution in [-0.2, 0) is 5.41 Å². The monoisotopic (exact) mass is 255 g/mol. The van der Waals surface area contributed by atoms with Crippen LogP contribution in [0.4, 0.5) is 13.2 Å². The lowest BCUT2D eigenvalue weighted by molar-refractivity contribution is -0.337. The molecule has 3 fully saturated rings. The van der Waals surface area contributed by atoms with Gasteiger partial charge in [-0.1, -0.05) is 12.1 Å². The lowest BCUT2D eigenvalue weighted by atomic mass is 9.33. The van der Waals surface area contributed by atoms with Crippen molar-refractivity contribution in [2.75, 3.05) is 0 Å². The van der Waals surface area contributed by atoms with Gasteiger partial charge in [0.1, 0.15) is 0 Å². The van der Waals surface area contributed by atoms with E-state index in [1.54, 1.807) is 24.3 Å². The van der Waals surface area contributed by atoms with E-state index in [2.05, 4.69) is 0 Å². The van der Waals surface area contributed by atoms with Crippen LogP contribution in [0.2, 0.25) is 0 Å². The van der Waals surface area contributed by atoms with Crippen molar-refractivity contribution in [1.29, 1.82) is 0 Å². The minimum atomic E-state index is -4.08. The molecule has 1 aromatic rings. The second-order valence-electron chi connectivity index (χ2n) is 5.53. The largest absolute Gasteiger partial charge is 0.394 e. The number of rotatable bonds is 2. The van der Waals surface area contributed by atoms with Crippen LogP contribution in [0.3, 0.4) is 0 Å². The maximum Gasteiger partial charge on any atom is 0.394 e. The molecule has 0 aromatic heterocycles. The van der Waals surface area contributed by atoms with Crippen molar-refractivity contribution in [3.8, 4) is 0 Å². The van der Waals surface area contributed by atoms with Crippen LogP contribution >= 0.6 is 0 Å². The number of nitrogens with two attached hydrogens (primary N) is 1. The van der Waals surface area contributed by atoms with Crippen molar-refractivity contribution in [1.82, 2.24) is 0 Å². The van der Waals surface area contributed by atoms with Gasteiger partial charge in [-0.15, -0.1) is 0 Å². The van der Waals surface area contributed by atoms with Gasteiger partial charge in [-0.05, 0) is 42.4 Å². The van der Waals surface area contributed by atoms with E-state index in [9.17, 15) is 18.0 Å². The summed E-state index contributed by atoms with van der Waals surface area (Å²) in [6.45, 7) is 0. The Morgan fingerprint density at radius 2 is 1.61 bits per heavy atom. The maximum atomic E-state index is 12.7. The van der Waals surface area contributed by atoms with E-state index in [0.717, 1.165) is 5.56 Å². The molecule has 96 valence electrons. The number of carbonyl (C=O) groups excluding carboxylic acids is 1. The summed E-state index contributed by atoms with van der Waals surface area (Å²) >= 11 is 0. The molecule has 0 saturated heterocycles. The molecule has 2 nitrogen and oxygen atoms in total. The number of carbonyl (C=O) groups is 1. The van der Waals surface area contributed by atoms with E-state index in [1.807, 2.05) is 0 Å². The van der Waals surface area contributed by atoms with E-state index >= 15 is 0 Å². The molecule has 0 radical (unpaired) electrons. The Morgan fingerprint density at radius 3 is 2.00 bits per heavy atom. The average Bonchev–Trinajstić information content (AvgIpc) is 2.11. The third-order valence-corrected chi connectivity index (χ3v) is 4.41. The fraction of sp³-hybridized carbons (Fsp3) is 0.462. The summed E-state index contributed by atoms with van der Waals surface area (Å²) in [5.41, 5.74) is 4.64. The van der Waals surface area contributed by atoms with Gasteiger partial charge in [0.15, 0.2) is 0 Å². The Labute approximate surface area is 102 Å². The van der Waals surface area contributed by atoms with Gasteiger partial charge in [0.25, 0.3) is 0 Å². The molecule has 3 aliphatic carbocycles. The number of hydrogen-bond donors (Lipinski definition) is 1. The summed E-state index contributed by atoms with van der Waals surface area (Å²) < 4.78 is 38.2. The fourth-order valence-electron chi connectivity index (χ4n) is 3.38. The lowest BCUT2D eigenvalue weighted by Crippen LogP contribution is -2.70. The minimum absolute atomic E-state index is 0.180. The van der Waals surface area contributed by atoms with Crippen molar-refractivity contribution < 1.29 is 18.0 Å². The Balaban J connectivity index is 1.79. The molecule has 1 amide bonds. The fourth-order valence-corrected chi connectivity index (χ4v) is 3.38. The van der Waals surface area contributed by atoms with E-state index < -0.39 is 17.5 Å². The number of hydrogen-bond acceptors (Lipinski definition) is 1. The highest BCUT2D eigenvalue weighted by Crippen LogP contribution is 2.78. The van der Waals surface area contributed by atoms with E-state index in [-0.39, 0.29) is 24.7 Å². The van der Waals surface area contributed by atoms with Crippen LogP contribution in [0, 0.1) is 5.41 Å². The summed E-state index contributed by atoms with van der Waals surface area (Å²) in [7, 11) is 0. The Hall–Kier alpha value is -1.52. The molecule has 0 spiro atoms. The smallest absolute Gasteiger partial charge is 0.366 e. The Kier molecular flexibility index (Phi) is 1.98. The first-order valence-electron chi connectivity index (χ1n) is 5.75. The molecular formula is C13H12F3NO. The summed E-state index contributed by atoms with van der Waals surface area (Å²) in [6, 6.07) is 6.61. The minimum Gasteiger partial charge on any atom is -0.366 e. The van der Waals surface area contributed by atoms with Gasteiger partial charge in [-0.3, -0.25) is 4.79 Å². The molecule has 5 heteroatoms. The molecule has 18 heavy (non-hydrogen) atoms. The lowest BCUT2D eigenvalue weighted by Gasteiger charge is -2.71. The quantitative estimate of drug-likeness (QED) is 0.867. The molecule has 4 rings (SSSR count). The van der Waals surface area contributed by atoms with Gasteiger partial charge in [0.05, 0.1) is 5.41 Å². The second-order valence-corrected chi connectivity index (χ2v) is 5.53. The van der Waals surface area contributed by atoms with Gasteiger partial charge in [-0.25, -0.2) is 0 Å². The number of amides is 1. The second kappa shape index (κ2) is 3.08. The molecule has 3 aliphatic rings. The van der Waals surface area contributed by atoms with Crippen molar-refractivity contribution in [3.63, 3.8) is 0 Å². The Bertz CT molecular complexity index is 498. The van der Waals surface area contributed by atoms with Crippen molar-refractivity contribution in [2.24, 2.45) is 11.1 Å². The molecule has 0 heterocycles. The summed E-state index contributed by atoms with van der Waals surface area (Å²) in [5, 5.41) is 0. The first-order valence-corrected chi connectivity index (χ1v) is 5.75. The number of benzene rings is 1. The zero-order chi connectivity index (χ0) is 13.2. The van der Waals surface area contributed by atoms with Crippen LogP contribution in [0.25, 0.3) is 0 Å². The molecule has 1 aromatic carbocycles. The number of halogens is 3. The highest BCUT2D eigenvalue weighted by molar-refractivity contribution is 5.92. The normalized spacial score (nSPS) is 33.5. The summed E-state index contributed by atoms with van der Waals surface area (Å²) in [6.07, 6.45) is -3.54. The van der Waals surface area contributed by atoms with Crippen LogP contribution in [0.15, 0.2) is 24.3 Å². The topological polar surface area (TPSA) is 43.1 Å². The average molecular weight is 255 g/mol. The molecule has 0 atom stereocenters. The highest BCUT2D eigenvalue weighted by atomic mass is 19.4. The van der Waals surface area contributed by atoms with Gasteiger partial charge in [0, 0.05) is 5.56 Å². The third kappa shape index (κ3) is 1.27. The van der Waals surface area contributed by atoms with Gasteiger partial charge in [0.2, 0.25) is 5.91 Å². The molecule has 0 aliphatic heterocycles. The standard InChI is InChI=1S/C13H12F3NO/c14-13(15,16)12-5-11(6-12,7-12)9-3-1-8(2-4-9)10(17)18/h1-4H,5-7H2,(H2,17,18). The van der Waals surface area contributed by atoms with Crippen LogP contribution < -0.4 is 5.73 Å². The van der Waals surface area contributed by atoms with E-state index in [0.29, 0.717) is 5.56 Å². The van der Waals surface area contributed by atoms with Crippen molar-refractivity contribution in [2.45, 2.75) is 30.9 Å². The van der Waals surface area contributed by atoms with Gasteiger partial charge >= 0.3 is 6.18 Å². The van der Waals surface area contributed by atoms with Gasteiger partial charge < -0.3 is 5.73 Å². The van der Waals surface area contributed by atoms with Crippen molar-refractivity contribution in [3.05, 3.63) is 35.4 Å². The number of primary amides is 1. The number of alkyl halides is 3. The van der Waals surface area contributed by atoms with Crippen molar-refractivity contribution >= 4 is 5.91 Å². The van der Waals surface area contributed by atoms with Gasteiger partial charge in [-0.2, -0.15) is 13.2 Å². The highest BCUT2D eigenvalue weighted by Gasteiger charge is 2.78. The zero-order valence-electron chi connectivity index (χ0n) is 9.55. The molecule has 3 saturated carbocycles. The predicted molar refractivity (Wildman–Crippen MR) is 59.0 cm³/mol. The van der Waals surface area contributed by atoms with Crippen LogP contribution in [-0.4, -0.2) is 12.1 Å². The molecular weight excluding hydrogens is 243 g/mol. The Morgan fingerprint density at radius 1 is 1.11 bits per heavy atom. The first kappa shape index (κ1) is 11.6. The summed E-state index contributed by atoms with van der Waals surface area (Å²) in [4.78, 5) is 10.9. The van der Waals surface area contributed by atoms with E-state index in [4.69, 9.17) is 5.73 Å². The van der Waals surface area contributed by atoms with Crippen LogP contribution in [0.5, 0.6) is 0 Å². The maximum absolute atomic E-state index is 12.7. The van der Waals surface area contributed by atoms with E-state index in [1.165, 1.54) is 0 Å². The molecule has 0 unspecified atom stereocenters. The summed E-state index contributed by atoms with van der Waals surface area (Å²) in [5.74, 6) is -0.522. The SMILES string of the molecule is NC(=O)c1ccc(C23CC(C(F)(F)F)(C2)C3)cc1. The zero-order valence-corrected chi connectivity index (χ0v) is 9.55. The molecule has 2 N–H and O–H groups in total. The van der Waals surface area contributed by atoms with Crippen LogP contribution in [0.1, 0.15) is 35.2 Å². The first-order chi connectivity index (χ1) is 8.28. The predicted octanol–water partition coefficient (Wildman–Crippen LogP) is 2.77. The molecule has 2 bridgehead atoms. The third-order valence-electron chi connectivity index (χ3n) is 4.41.